The van der Waals surface area contributed by atoms with Crippen LogP contribution in [-0.2, 0) is 5.41 Å². The highest BCUT2D eigenvalue weighted by atomic mass is 16.5. The van der Waals surface area contributed by atoms with Gasteiger partial charge in [0.2, 0.25) is 0 Å². The maximum absolute atomic E-state index is 10.9. The third kappa shape index (κ3) is 6.35. The number of aryl methyl sites for hydroxylation is 2. The lowest BCUT2D eigenvalue weighted by molar-refractivity contribution is 0.0521. The maximum atomic E-state index is 10.9. The van der Waals surface area contributed by atoms with Crippen LogP contribution in [0.25, 0.3) is 6.08 Å². The zero-order valence-corrected chi connectivity index (χ0v) is 22.0. The topological polar surface area (TPSA) is 69.9 Å². The smallest absolute Gasteiger partial charge is 0.122 e. The van der Waals surface area contributed by atoms with Crippen molar-refractivity contribution in [1.29, 1.82) is 0 Å². The molecule has 0 bridgehead atoms. The fourth-order valence-electron chi connectivity index (χ4n) is 5.45. The molecule has 3 N–H and O–H groups in total. The van der Waals surface area contributed by atoms with E-state index in [4.69, 9.17) is 4.74 Å². The molecule has 0 radical (unpaired) electrons. The molecule has 0 unspecified atom stereocenters. The highest BCUT2D eigenvalue weighted by Crippen LogP contribution is 2.41. The van der Waals surface area contributed by atoms with Crippen LogP contribution in [0.15, 0.2) is 42.5 Å². The maximum Gasteiger partial charge on any atom is 0.122 e. The zero-order chi connectivity index (χ0) is 25.5. The first-order chi connectivity index (χ1) is 16.8. The van der Waals surface area contributed by atoms with Crippen molar-refractivity contribution >= 4 is 6.08 Å². The van der Waals surface area contributed by atoms with Crippen LogP contribution in [0.4, 0.5) is 0 Å². The molecule has 0 aromatic heterocycles. The van der Waals surface area contributed by atoms with Gasteiger partial charge >= 0.3 is 0 Å². The SMILES string of the molecule is CCC(CC)(c1ccc(/C=C/C2(O)CCCCC2)c(C)c1)c1ccc(OCC(CO)CO)c(C)c1. The fraction of sp³-hybridized carbons (Fsp3) is 0.548. The van der Waals surface area contributed by atoms with Crippen LogP contribution in [0, 0.1) is 19.8 Å². The normalized spacial score (nSPS) is 16.2. The predicted molar refractivity (Wildman–Crippen MR) is 144 cm³/mol. The second kappa shape index (κ2) is 12.2. The second-order valence-electron chi connectivity index (χ2n) is 10.4. The van der Waals surface area contributed by atoms with Gasteiger partial charge in [0.25, 0.3) is 0 Å². The molecule has 1 fully saturated rings. The molecule has 192 valence electrons. The van der Waals surface area contributed by atoms with E-state index in [0.717, 1.165) is 55.4 Å². The van der Waals surface area contributed by atoms with Crippen LogP contribution in [0.5, 0.6) is 5.75 Å². The number of rotatable bonds is 11. The second-order valence-corrected chi connectivity index (χ2v) is 10.4. The monoisotopic (exact) mass is 480 g/mol. The van der Waals surface area contributed by atoms with E-state index in [9.17, 15) is 15.3 Å². The lowest BCUT2D eigenvalue weighted by atomic mass is 9.70. The molecular formula is C31H44O4. The number of hydrogen-bond donors (Lipinski definition) is 3. The van der Waals surface area contributed by atoms with Gasteiger partial charge in [-0.05, 0) is 73.4 Å². The summed E-state index contributed by atoms with van der Waals surface area (Å²) in [6.07, 6.45) is 11.2. The van der Waals surface area contributed by atoms with Crippen LogP contribution < -0.4 is 4.74 Å². The van der Waals surface area contributed by atoms with E-state index >= 15 is 0 Å². The molecular weight excluding hydrogens is 436 g/mol. The summed E-state index contributed by atoms with van der Waals surface area (Å²) in [5.74, 6) is 0.521. The number of aliphatic hydroxyl groups is 3. The molecule has 4 nitrogen and oxygen atoms in total. The third-order valence-electron chi connectivity index (χ3n) is 8.04. The van der Waals surface area contributed by atoms with Crippen LogP contribution in [0.2, 0.25) is 0 Å². The Morgan fingerprint density at radius 1 is 0.914 bits per heavy atom. The minimum atomic E-state index is -0.657. The molecule has 3 rings (SSSR count). The lowest BCUT2D eigenvalue weighted by Crippen LogP contribution is -2.28. The average molecular weight is 481 g/mol. The van der Waals surface area contributed by atoms with Crippen molar-refractivity contribution in [3.8, 4) is 5.75 Å². The number of hydrogen-bond acceptors (Lipinski definition) is 4. The van der Waals surface area contributed by atoms with Gasteiger partial charge in [0.1, 0.15) is 5.75 Å². The quantitative estimate of drug-likeness (QED) is 0.364. The van der Waals surface area contributed by atoms with Gasteiger partial charge in [-0.1, -0.05) is 75.6 Å². The van der Waals surface area contributed by atoms with Crippen LogP contribution in [0.3, 0.4) is 0 Å². The Hall–Kier alpha value is -2.14. The molecule has 0 spiro atoms. The first kappa shape index (κ1) is 27.4. The van der Waals surface area contributed by atoms with Gasteiger partial charge in [0.05, 0.1) is 25.4 Å². The molecule has 0 atom stereocenters. The molecule has 0 heterocycles. The van der Waals surface area contributed by atoms with Gasteiger partial charge in [-0.3, -0.25) is 0 Å². The number of benzene rings is 2. The van der Waals surface area contributed by atoms with E-state index in [1.165, 1.54) is 23.1 Å². The minimum absolute atomic E-state index is 0.0910. The minimum Gasteiger partial charge on any atom is -0.493 e. The van der Waals surface area contributed by atoms with Crippen LogP contribution >= 0.6 is 0 Å². The summed E-state index contributed by atoms with van der Waals surface area (Å²) in [5, 5.41) is 29.5. The molecule has 35 heavy (non-hydrogen) atoms. The Morgan fingerprint density at radius 3 is 2.06 bits per heavy atom. The van der Waals surface area contributed by atoms with E-state index in [-0.39, 0.29) is 24.5 Å². The molecule has 1 aliphatic rings. The van der Waals surface area contributed by atoms with Crippen molar-refractivity contribution in [2.45, 2.75) is 83.7 Å². The van der Waals surface area contributed by atoms with Gasteiger partial charge < -0.3 is 20.1 Å². The van der Waals surface area contributed by atoms with Crippen molar-refractivity contribution in [3.05, 3.63) is 70.3 Å². The molecule has 4 heteroatoms. The van der Waals surface area contributed by atoms with Crippen molar-refractivity contribution in [2.75, 3.05) is 19.8 Å². The van der Waals surface area contributed by atoms with Gasteiger partial charge in [0.15, 0.2) is 0 Å². The average Bonchev–Trinajstić information content (AvgIpc) is 2.86. The highest BCUT2D eigenvalue weighted by molar-refractivity contribution is 5.57. The molecule has 1 aliphatic carbocycles. The van der Waals surface area contributed by atoms with Gasteiger partial charge in [0, 0.05) is 11.3 Å². The predicted octanol–water partition coefficient (Wildman–Crippen LogP) is 6.10. The van der Waals surface area contributed by atoms with Crippen LogP contribution in [-0.4, -0.2) is 40.7 Å². The van der Waals surface area contributed by atoms with E-state index in [1.807, 2.05) is 12.1 Å². The van der Waals surface area contributed by atoms with E-state index < -0.39 is 5.60 Å². The van der Waals surface area contributed by atoms with Gasteiger partial charge in [-0.2, -0.15) is 0 Å². The zero-order valence-electron chi connectivity index (χ0n) is 22.0. The Balaban J connectivity index is 1.86. The fourth-order valence-corrected chi connectivity index (χ4v) is 5.45. The standard InChI is InChI=1S/C31H44O4/c1-5-31(6-2,28-12-13-29(24(4)19-28)35-22-25(20-32)21-33)27-11-10-26(23(3)18-27)14-17-30(34)15-8-7-9-16-30/h10-14,17-19,25,32-34H,5-9,15-16,20-22H2,1-4H3/b17-14+. The van der Waals surface area contributed by atoms with Crippen LogP contribution in [0.1, 0.15) is 86.6 Å². The van der Waals surface area contributed by atoms with E-state index in [0.29, 0.717) is 6.61 Å². The number of aliphatic hydroxyl groups excluding tert-OH is 2. The summed E-state index contributed by atoms with van der Waals surface area (Å²) in [5.41, 5.74) is 5.26. The summed E-state index contributed by atoms with van der Waals surface area (Å²) >= 11 is 0. The molecule has 0 saturated heterocycles. The first-order valence-corrected chi connectivity index (χ1v) is 13.3. The van der Waals surface area contributed by atoms with Crippen molar-refractivity contribution in [1.82, 2.24) is 0 Å². The summed E-state index contributed by atoms with van der Waals surface area (Å²) in [4.78, 5) is 0. The van der Waals surface area contributed by atoms with Crippen molar-refractivity contribution in [2.24, 2.45) is 5.92 Å². The Kier molecular flexibility index (Phi) is 9.57. The summed E-state index contributed by atoms with van der Waals surface area (Å²) < 4.78 is 5.89. The molecule has 0 aliphatic heterocycles. The number of ether oxygens (including phenoxy) is 1. The summed E-state index contributed by atoms with van der Waals surface area (Å²) in [7, 11) is 0. The van der Waals surface area contributed by atoms with E-state index in [1.54, 1.807) is 0 Å². The Labute approximate surface area is 211 Å². The van der Waals surface area contributed by atoms with Gasteiger partial charge in [-0.25, -0.2) is 0 Å². The highest BCUT2D eigenvalue weighted by Gasteiger charge is 2.31. The Bertz CT molecular complexity index is 979. The van der Waals surface area contributed by atoms with Gasteiger partial charge in [-0.15, -0.1) is 0 Å². The lowest BCUT2D eigenvalue weighted by Gasteiger charge is -2.34. The first-order valence-electron chi connectivity index (χ1n) is 13.3. The van der Waals surface area contributed by atoms with Crippen molar-refractivity contribution < 1.29 is 20.1 Å². The molecule has 2 aromatic rings. The molecule has 2 aromatic carbocycles. The van der Waals surface area contributed by atoms with E-state index in [2.05, 4.69) is 64.1 Å². The van der Waals surface area contributed by atoms with Crippen molar-refractivity contribution in [3.63, 3.8) is 0 Å². The molecule has 0 amide bonds. The third-order valence-corrected chi connectivity index (χ3v) is 8.04. The summed E-state index contributed by atoms with van der Waals surface area (Å²) in [6.45, 7) is 8.82. The summed E-state index contributed by atoms with van der Waals surface area (Å²) in [6, 6.07) is 13.1. The Morgan fingerprint density at radius 2 is 1.51 bits per heavy atom. The largest absolute Gasteiger partial charge is 0.493 e. The molecule has 1 saturated carbocycles.